The highest BCUT2D eigenvalue weighted by Crippen LogP contribution is 2.47. The van der Waals surface area contributed by atoms with Gasteiger partial charge < -0.3 is 14.7 Å². The normalized spacial score (nSPS) is 27.8. The van der Waals surface area contributed by atoms with Crippen molar-refractivity contribution in [3.05, 3.63) is 11.3 Å². The quantitative estimate of drug-likeness (QED) is 0.555. The zero-order valence-corrected chi connectivity index (χ0v) is 12.9. The predicted octanol–water partition coefficient (Wildman–Crippen LogP) is -0.108. The maximum atomic E-state index is 12.7. The third kappa shape index (κ3) is 2.53. The first-order valence-electron chi connectivity index (χ1n) is 7.33. The smallest absolute Gasteiger partial charge is 0.471 e. The van der Waals surface area contributed by atoms with E-state index in [-0.39, 0.29) is 30.8 Å². The number of carboxylic acid groups (broad SMARTS) is 1. The summed E-state index contributed by atoms with van der Waals surface area (Å²) in [6.45, 7) is 0.436. The predicted molar refractivity (Wildman–Crippen MR) is 71.6 cm³/mol. The number of amides is 2. The summed E-state index contributed by atoms with van der Waals surface area (Å²) in [4.78, 5) is 47.6. The Labute approximate surface area is 138 Å². The third-order valence-electron chi connectivity index (χ3n) is 4.60. The standard InChI is InChI=1S/C14H13F3N2O6/c1-5(20)25-4-7-2-6-3-18(13(24)14(15,16)17)10-8(6)19(11(10)21)9(7)12(22)23/h6,8,10H,2-4H2,1H3,(H,22,23)/t6-,8-,10+/m1/s1. The van der Waals surface area contributed by atoms with E-state index in [9.17, 15) is 37.5 Å². The molecule has 1 N–H and O–H groups in total. The maximum Gasteiger partial charge on any atom is 0.471 e. The van der Waals surface area contributed by atoms with E-state index in [1.165, 1.54) is 0 Å². The van der Waals surface area contributed by atoms with E-state index in [2.05, 4.69) is 0 Å². The first-order valence-corrected chi connectivity index (χ1v) is 7.33. The monoisotopic (exact) mass is 362 g/mol. The topological polar surface area (TPSA) is 104 Å². The fraction of sp³-hybridized carbons (Fsp3) is 0.571. The molecule has 0 aromatic carbocycles. The Morgan fingerprint density at radius 1 is 1.32 bits per heavy atom. The number of halogens is 3. The molecule has 3 heterocycles. The number of carbonyl (C=O) groups excluding carboxylic acids is 3. The maximum absolute atomic E-state index is 12.7. The minimum absolute atomic E-state index is 0.0293. The number of carbonyl (C=O) groups is 4. The van der Waals surface area contributed by atoms with Crippen LogP contribution in [0.3, 0.4) is 0 Å². The van der Waals surface area contributed by atoms with E-state index in [4.69, 9.17) is 4.74 Å². The van der Waals surface area contributed by atoms with Gasteiger partial charge in [-0.25, -0.2) is 4.79 Å². The number of aliphatic carboxylic acids is 1. The molecule has 0 spiro atoms. The summed E-state index contributed by atoms with van der Waals surface area (Å²) in [5.74, 6) is -5.62. The third-order valence-corrected chi connectivity index (χ3v) is 4.60. The minimum Gasteiger partial charge on any atom is -0.477 e. The van der Waals surface area contributed by atoms with Gasteiger partial charge in [-0.15, -0.1) is 0 Å². The molecule has 0 aromatic heterocycles. The van der Waals surface area contributed by atoms with Crippen LogP contribution >= 0.6 is 0 Å². The Bertz CT molecular complexity index is 716. The summed E-state index contributed by atoms with van der Waals surface area (Å²) in [5.41, 5.74) is -0.248. The Kier molecular flexibility index (Phi) is 3.77. The lowest BCUT2D eigenvalue weighted by Crippen LogP contribution is -2.70. The van der Waals surface area contributed by atoms with Crippen molar-refractivity contribution in [3.63, 3.8) is 0 Å². The van der Waals surface area contributed by atoms with E-state index in [0.717, 1.165) is 11.8 Å². The molecule has 3 aliphatic heterocycles. The zero-order chi connectivity index (χ0) is 18.7. The fourth-order valence-electron chi connectivity index (χ4n) is 3.73. The number of likely N-dealkylation sites (tertiary alicyclic amines) is 1. The lowest BCUT2D eigenvalue weighted by molar-refractivity contribution is -0.190. The number of hydrogen-bond acceptors (Lipinski definition) is 5. The van der Waals surface area contributed by atoms with Crippen LogP contribution in [0.15, 0.2) is 11.3 Å². The number of β-lactam (4-membered cyclic amide) rings is 1. The number of esters is 1. The summed E-state index contributed by atoms with van der Waals surface area (Å²) < 4.78 is 42.9. The van der Waals surface area contributed by atoms with Gasteiger partial charge in [-0.05, 0) is 12.0 Å². The van der Waals surface area contributed by atoms with Crippen molar-refractivity contribution in [2.75, 3.05) is 13.2 Å². The van der Waals surface area contributed by atoms with Gasteiger partial charge >= 0.3 is 24.0 Å². The Balaban J connectivity index is 1.91. The van der Waals surface area contributed by atoms with E-state index in [0.29, 0.717) is 4.90 Å². The summed E-state index contributed by atoms with van der Waals surface area (Å²) in [5, 5.41) is 9.36. The molecule has 3 aliphatic rings. The molecule has 2 saturated heterocycles. The Morgan fingerprint density at radius 2 is 1.96 bits per heavy atom. The number of ether oxygens (including phenoxy) is 1. The van der Waals surface area contributed by atoms with Crippen LogP contribution in [-0.4, -0.2) is 70.1 Å². The van der Waals surface area contributed by atoms with Gasteiger partial charge in [0.05, 0.1) is 6.04 Å². The molecular formula is C14H13F3N2O6. The van der Waals surface area contributed by atoms with Crippen molar-refractivity contribution in [2.24, 2.45) is 5.92 Å². The largest absolute Gasteiger partial charge is 0.477 e. The van der Waals surface area contributed by atoms with E-state index < -0.39 is 47.9 Å². The molecule has 136 valence electrons. The molecule has 0 bridgehead atoms. The highest BCUT2D eigenvalue weighted by Gasteiger charge is 2.66. The van der Waals surface area contributed by atoms with Crippen LogP contribution in [0.4, 0.5) is 13.2 Å². The van der Waals surface area contributed by atoms with Crippen LogP contribution < -0.4 is 0 Å². The molecule has 25 heavy (non-hydrogen) atoms. The van der Waals surface area contributed by atoms with Crippen molar-refractivity contribution in [1.82, 2.24) is 9.80 Å². The average molecular weight is 362 g/mol. The van der Waals surface area contributed by atoms with Gasteiger partial charge in [0.1, 0.15) is 18.3 Å². The van der Waals surface area contributed by atoms with Crippen molar-refractivity contribution >= 4 is 23.8 Å². The van der Waals surface area contributed by atoms with Crippen LogP contribution in [0.1, 0.15) is 13.3 Å². The lowest BCUT2D eigenvalue weighted by atomic mass is 9.79. The first-order chi connectivity index (χ1) is 11.5. The van der Waals surface area contributed by atoms with Gasteiger partial charge in [-0.2, -0.15) is 13.2 Å². The molecule has 11 heteroatoms. The summed E-state index contributed by atoms with van der Waals surface area (Å²) >= 11 is 0. The molecule has 2 amide bonds. The van der Waals surface area contributed by atoms with Gasteiger partial charge in [-0.1, -0.05) is 0 Å². The Morgan fingerprint density at radius 3 is 2.48 bits per heavy atom. The first kappa shape index (κ1) is 17.2. The highest BCUT2D eigenvalue weighted by molar-refractivity contribution is 6.03. The molecule has 0 aliphatic carbocycles. The second-order valence-corrected chi connectivity index (χ2v) is 6.10. The molecule has 0 saturated carbocycles. The molecule has 0 aromatic rings. The van der Waals surface area contributed by atoms with Gasteiger partial charge in [0.15, 0.2) is 0 Å². The minimum atomic E-state index is -5.11. The summed E-state index contributed by atoms with van der Waals surface area (Å²) in [6.07, 6.45) is -5.08. The average Bonchev–Trinajstić information content (AvgIpc) is 2.85. The summed E-state index contributed by atoms with van der Waals surface area (Å²) in [7, 11) is 0. The second-order valence-electron chi connectivity index (χ2n) is 6.10. The van der Waals surface area contributed by atoms with Crippen molar-refractivity contribution in [2.45, 2.75) is 31.6 Å². The number of carboxylic acids is 1. The van der Waals surface area contributed by atoms with Gasteiger partial charge in [0.25, 0.3) is 5.91 Å². The Hall–Kier alpha value is -2.59. The van der Waals surface area contributed by atoms with Crippen molar-refractivity contribution in [3.8, 4) is 0 Å². The molecule has 0 radical (unpaired) electrons. The molecule has 8 nitrogen and oxygen atoms in total. The van der Waals surface area contributed by atoms with Crippen LogP contribution in [0, 0.1) is 5.92 Å². The van der Waals surface area contributed by atoms with Crippen molar-refractivity contribution < 1.29 is 42.2 Å². The molecule has 3 atom stereocenters. The summed E-state index contributed by atoms with van der Waals surface area (Å²) in [6, 6.07) is -2.10. The van der Waals surface area contributed by atoms with E-state index in [1.54, 1.807) is 0 Å². The molecule has 0 unspecified atom stereocenters. The highest BCUT2D eigenvalue weighted by atomic mass is 19.4. The van der Waals surface area contributed by atoms with Gasteiger partial charge in [0, 0.05) is 19.4 Å². The molecular weight excluding hydrogens is 349 g/mol. The fourth-order valence-corrected chi connectivity index (χ4v) is 3.73. The van der Waals surface area contributed by atoms with E-state index in [1.807, 2.05) is 0 Å². The number of nitrogens with zero attached hydrogens (tertiary/aromatic N) is 2. The number of rotatable bonds is 3. The zero-order valence-electron chi connectivity index (χ0n) is 12.9. The van der Waals surface area contributed by atoms with Crippen LogP contribution in [0.25, 0.3) is 0 Å². The van der Waals surface area contributed by atoms with Crippen molar-refractivity contribution in [1.29, 1.82) is 0 Å². The van der Waals surface area contributed by atoms with Gasteiger partial charge in [0.2, 0.25) is 0 Å². The lowest BCUT2D eigenvalue weighted by Gasteiger charge is -2.49. The number of hydrogen-bond donors (Lipinski definition) is 1. The van der Waals surface area contributed by atoms with Crippen LogP contribution in [0.5, 0.6) is 0 Å². The van der Waals surface area contributed by atoms with Gasteiger partial charge in [-0.3, -0.25) is 19.3 Å². The molecule has 2 fully saturated rings. The van der Waals surface area contributed by atoms with Crippen LogP contribution in [0.2, 0.25) is 0 Å². The molecule has 3 rings (SSSR count). The van der Waals surface area contributed by atoms with Crippen LogP contribution in [-0.2, 0) is 23.9 Å². The van der Waals surface area contributed by atoms with E-state index >= 15 is 0 Å². The second kappa shape index (κ2) is 5.46. The number of alkyl halides is 3. The SMILES string of the molecule is CC(=O)OCC1=C(C(=O)O)N2C(=O)[C@@H]3[C@H]2[C@H](C1)CN3C(=O)C(F)(F)F.